The van der Waals surface area contributed by atoms with Crippen LogP contribution < -0.4 is 5.32 Å². The summed E-state index contributed by atoms with van der Waals surface area (Å²) >= 11 is 5.78. The van der Waals surface area contributed by atoms with E-state index in [1.165, 1.54) is 18.4 Å². The number of aromatic nitrogens is 1. The lowest BCUT2D eigenvalue weighted by molar-refractivity contribution is 0.647. The fourth-order valence-electron chi connectivity index (χ4n) is 1.60. The Morgan fingerprint density at radius 3 is 3.17 bits per heavy atom. The van der Waals surface area contributed by atoms with Gasteiger partial charge in [-0.15, -0.1) is 0 Å². The summed E-state index contributed by atoms with van der Waals surface area (Å²) in [7, 11) is 0. The molecule has 12 heavy (non-hydrogen) atoms. The second-order valence-electron chi connectivity index (χ2n) is 3.06. The van der Waals surface area contributed by atoms with E-state index in [0.717, 1.165) is 6.54 Å². The van der Waals surface area contributed by atoms with E-state index in [-0.39, 0.29) is 0 Å². The van der Waals surface area contributed by atoms with Gasteiger partial charge in [0.2, 0.25) is 0 Å². The van der Waals surface area contributed by atoms with Crippen molar-refractivity contribution in [3.05, 3.63) is 29.0 Å². The molecule has 3 heteroatoms. The van der Waals surface area contributed by atoms with Gasteiger partial charge in [-0.05, 0) is 37.1 Å². The first-order valence-corrected chi connectivity index (χ1v) is 4.59. The molecule has 0 aromatic carbocycles. The Morgan fingerprint density at radius 1 is 1.58 bits per heavy atom. The maximum Gasteiger partial charge on any atom is 0.129 e. The van der Waals surface area contributed by atoms with Crippen molar-refractivity contribution in [3.63, 3.8) is 0 Å². The minimum Gasteiger partial charge on any atom is -0.310 e. The minimum absolute atomic E-state index is 0.491. The van der Waals surface area contributed by atoms with Gasteiger partial charge in [-0.3, -0.25) is 0 Å². The molecule has 2 nitrogen and oxygen atoms in total. The van der Waals surface area contributed by atoms with Crippen LogP contribution in [0.25, 0.3) is 0 Å². The molecule has 0 saturated carbocycles. The number of halogens is 1. The largest absolute Gasteiger partial charge is 0.310 e. The molecule has 1 aromatic heterocycles. The van der Waals surface area contributed by atoms with Crippen LogP contribution in [0.15, 0.2) is 18.3 Å². The van der Waals surface area contributed by atoms with Crippen molar-refractivity contribution in [2.75, 3.05) is 6.54 Å². The average Bonchev–Trinajstić information content (AvgIpc) is 2.56. The van der Waals surface area contributed by atoms with E-state index in [4.69, 9.17) is 11.6 Å². The summed E-state index contributed by atoms with van der Waals surface area (Å²) in [5, 5.41) is 4.00. The summed E-state index contributed by atoms with van der Waals surface area (Å²) in [6.45, 7) is 1.12. The molecule has 2 rings (SSSR count). The quantitative estimate of drug-likeness (QED) is 0.674. The summed E-state index contributed by atoms with van der Waals surface area (Å²) in [5.74, 6) is 0. The molecule has 1 N–H and O–H groups in total. The smallest absolute Gasteiger partial charge is 0.129 e. The first-order chi connectivity index (χ1) is 5.86. The highest BCUT2D eigenvalue weighted by Gasteiger charge is 2.15. The molecule has 0 unspecified atom stereocenters. The van der Waals surface area contributed by atoms with Gasteiger partial charge in [0.25, 0.3) is 0 Å². The summed E-state index contributed by atoms with van der Waals surface area (Å²) < 4.78 is 0. The second kappa shape index (κ2) is 3.42. The van der Waals surface area contributed by atoms with Crippen molar-refractivity contribution in [1.82, 2.24) is 10.3 Å². The zero-order valence-corrected chi connectivity index (χ0v) is 7.51. The molecule has 64 valence electrons. The van der Waals surface area contributed by atoms with Gasteiger partial charge in [0.1, 0.15) is 5.15 Å². The van der Waals surface area contributed by atoms with Crippen LogP contribution in [0.1, 0.15) is 24.4 Å². The number of hydrogen-bond donors (Lipinski definition) is 1. The number of nitrogens with one attached hydrogen (secondary N) is 1. The topological polar surface area (TPSA) is 24.9 Å². The zero-order valence-electron chi connectivity index (χ0n) is 6.76. The van der Waals surface area contributed by atoms with E-state index in [9.17, 15) is 0 Å². The van der Waals surface area contributed by atoms with E-state index in [1.54, 1.807) is 6.20 Å². The number of nitrogens with zero attached hydrogens (tertiary/aromatic N) is 1. The fraction of sp³-hybridized carbons (Fsp3) is 0.444. The lowest BCUT2D eigenvalue weighted by Crippen LogP contribution is -2.12. The van der Waals surface area contributed by atoms with Gasteiger partial charge in [-0.2, -0.15) is 0 Å². The van der Waals surface area contributed by atoms with Crippen LogP contribution in [0.4, 0.5) is 0 Å². The van der Waals surface area contributed by atoms with Crippen molar-refractivity contribution in [1.29, 1.82) is 0 Å². The van der Waals surface area contributed by atoms with Gasteiger partial charge >= 0.3 is 0 Å². The Bertz CT molecular complexity index is 269. The predicted octanol–water partition coefficient (Wildman–Crippen LogP) is 2.16. The normalized spacial score (nSPS) is 22.9. The Kier molecular flexibility index (Phi) is 2.28. The maximum atomic E-state index is 5.78. The van der Waals surface area contributed by atoms with Crippen LogP contribution in [0, 0.1) is 0 Å². The highest BCUT2D eigenvalue weighted by atomic mass is 35.5. The van der Waals surface area contributed by atoms with Crippen molar-refractivity contribution in [3.8, 4) is 0 Å². The molecule has 0 bridgehead atoms. The Morgan fingerprint density at radius 2 is 2.50 bits per heavy atom. The van der Waals surface area contributed by atoms with Crippen LogP contribution in [-0.2, 0) is 0 Å². The zero-order chi connectivity index (χ0) is 8.39. The Balaban J connectivity index is 2.21. The molecule has 0 aliphatic carbocycles. The van der Waals surface area contributed by atoms with Gasteiger partial charge in [0.15, 0.2) is 0 Å². The minimum atomic E-state index is 0.491. The van der Waals surface area contributed by atoms with E-state index < -0.39 is 0 Å². The standard InChI is InChI=1S/C9H11ClN2/c10-9-6-7(3-5-12-9)8-2-1-4-11-8/h3,5-6,8,11H,1-2,4H2/t8-/m1/s1. The van der Waals surface area contributed by atoms with Gasteiger partial charge < -0.3 is 5.32 Å². The lowest BCUT2D eigenvalue weighted by atomic mass is 10.1. The molecule has 1 aromatic rings. The summed E-state index contributed by atoms with van der Waals surface area (Å²) in [6.07, 6.45) is 4.22. The highest BCUT2D eigenvalue weighted by molar-refractivity contribution is 6.29. The SMILES string of the molecule is Clc1cc([C@H]2CCCN2)ccn1. The van der Waals surface area contributed by atoms with Crippen molar-refractivity contribution in [2.24, 2.45) is 0 Å². The molecule has 1 atom stereocenters. The summed E-state index contributed by atoms with van der Waals surface area (Å²) in [4.78, 5) is 3.95. The van der Waals surface area contributed by atoms with E-state index in [2.05, 4.69) is 10.3 Å². The fourth-order valence-corrected chi connectivity index (χ4v) is 1.79. The van der Waals surface area contributed by atoms with Crippen LogP contribution in [0.2, 0.25) is 5.15 Å². The molecule has 0 radical (unpaired) electrons. The number of pyridine rings is 1. The van der Waals surface area contributed by atoms with Crippen molar-refractivity contribution in [2.45, 2.75) is 18.9 Å². The summed E-state index contributed by atoms with van der Waals surface area (Å²) in [5.41, 5.74) is 1.26. The molecule has 1 fully saturated rings. The molecular formula is C9H11ClN2. The van der Waals surface area contributed by atoms with Crippen LogP contribution in [-0.4, -0.2) is 11.5 Å². The Labute approximate surface area is 77.0 Å². The van der Waals surface area contributed by atoms with Gasteiger partial charge in [0.05, 0.1) is 0 Å². The van der Waals surface area contributed by atoms with Crippen molar-refractivity contribution < 1.29 is 0 Å². The summed E-state index contributed by atoms with van der Waals surface area (Å²) in [6, 6.07) is 4.45. The Hall–Kier alpha value is -0.600. The molecule has 1 saturated heterocycles. The van der Waals surface area contributed by atoms with Gasteiger partial charge in [-0.25, -0.2) is 4.98 Å². The molecule has 1 aliphatic rings. The monoisotopic (exact) mass is 182 g/mol. The molecule has 0 spiro atoms. The number of hydrogen-bond acceptors (Lipinski definition) is 2. The van der Waals surface area contributed by atoms with Gasteiger partial charge in [-0.1, -0.05) is 11.6 Å². The molecule has 1 aliphatic heterocycles. The van der Waals surface area contributed by atoms with Crippen LogP contribution in [0.5, 0.6) is 0 Å². The first-order valence-electron chi connectivity index (χ1n) is 4.21. The second-order valence-corrected chi connectivity index (χ2v) is 3.45. The molecule has 2 heterocycles. The number of rotatable bonds is 1. The maximum absolute atomic E-state index is 5.78. The first kappa shape index (κ1) is 8.02. The van der Waals surface area contributed by atoms with Crippen LogP contribution in [0.3, 0.4) is 0 Å². The third kappa shape index (κ3) is 1.59. The van der Waals surface area contributed by atoms with Crippen LogP contribution >= 0.6 is 11.6 Å². The van der Waals surface area contributed by atoms with E-state index in [1.807, 2.05) is 12.1 Å². The third-order valence-corrected chi connectivity index (χ3v) is 2.42. The van der Waals surface area contributed by atoms with Crippen molar-refractivity contribution >= 4 is 11.6 Å². The average molecular weight is 183 g/mol. The highest BCUT2D eigenvalue weighted by Crippen LogP contribution is 2.23. The van der Waals surface area contributed by atoms with Gasteiger partial charge in [0, 0.05) is 12.2 Å². The molecule has 0 amide bonds. The molecular weight excluding hydrogens is 172 g/mol. The van der Waals surface area contributed by atoms with E-state index in [0.29, 0.717) is 11.2 Å². The predicted molar refractivity (Wildman–Crippen MR) is 49.2 cm³/mol. The third-order valence-electron chi connectivity index (χ3n) is 2.21. The lowest BCUT2D eigenvalue weighted by Gasteiger charge is -2.09. The van der Waals surface area contributed by atoms with E-state index >= 15 is 0 Å².